The number of aromatic nitrogens is 2. The number of aliphatic carboxylic acids is 1. The van der Waals surface area contributed by atoms with Crippen molar-refractivity contribution in [3.63, 3.8) is 0 Å². The van der Waals surface area contributed by atoms with E-state index in [0.29, 0.717) is 6.54 Å². The highest BCUT2D eigenvalue weighted by atomic mass is 79.9. The van der Waals surface area contributed by atoms with Crippen LogP contribution in [0.15, 0.2) is 39.8 Å². The summed E-state index contributed by atoms with van der Waals surface area (Å²) in [6.45, 7) is 2.55. The maximum atomic E-state index is 11.1. The molecule has 7 heteroatoms. The number of nitrogens with one attached hydrogen (secondary N) is 1. The zero-order chi connectivity index (χ0) is 16.4. The van der Waals surface area contributed by atoms with Gasteiger partial charge in [0.2, 0.25) is 0 Å². The molecule has 0 aliphatic heterocycles. The highest BCUT2D eigenvalue weighted by Crippen LogP contribution is 2.29. The molecule has 2 N–H and O–H groups in total. The molecule has 1 unspecified atom stereocenters. The normalized spacial score (nSPS) is 12.6. The van der Waals surface area contributed by atoms with E-state index in [-0.39, 0.29) is 12.5 Å². The molecule has 0 amide bonds. The molecule has 0 aromatic carbocycles. The Kier molecular flexibility index (Phi) is 4.79. The second-order valence-corrected chi connectivity index (χ2v) is 7.01. The van der Waals surface area contributed by atoms with E-state index in [1.807, 2.05) is 46.6 Å². The fourth-order valence-corrected chi connectivity index (χ4v) is 4.10. The third-order valence-electron chi connectivity index (χ3n) is 3.57. The van der Waals surface area contributed by atoms with Gasteiger partial charge in [0.1, 0.15) is 5.65 Å². The van der Waals surface area contributed by atoms with Crippen LogP contribution in [0.3, 0.4) is 0 Å². The molecule has 3 aromatic heterocycles. The molecule has 0 saturated carbocycles. The Balaban J connectivity index is 1.77. The number of imidazole rings is 1. The average Bonchev–Trinajstić information content (AvgIpc) is 3.08. The lowest BCUT2D eigenvalue weighted by Crippen LogP contribution is -2.23. The van der Waals surface area contributed by atoms with Gasteiger partial charge in [-0.25, -0.2) is 4.98 Å². The molecule has 0 saturated heterocycles. The number of aryl methyl sites for hydroxylation is 1. The first-order valence-electron chi connectivity index (χ1n) is 7.14. The maximum Gasteiger partial charge on any atom is 0.305 e. The maximum absolute atomic E-state index is 11.1. The van der Waals surface area contributed by atoms with Crippen LogP contribution in [0.1, 0.15) is 29.3 Å². The van der Waals surface area contributed by atoms with Gasteiger partial charge in [-0.1, -0.05) is 6.07 Å². The highest BCUT2D eigenvalue weighted by molar-refractivity contribution is 9.10. The Morgan fingerprint density at radius 3 is 2.96 bits per heavy atom. The molecule has 0 spiro atoms. The predicted molar refractivity (Wildman–Crippen MR) is 93.8 cm³/mol. The standard InChI is InChI=1S/C16H16BrN3O2S/c1-10-2-3-15-19-11(7-20(15)6-10)5-18-14(4-16(21)22)12-8-23-9-13(12)17/h2-3,6-9,14,18H,4-5H2,1H3,(H,21,22). The van der Waals surface area contributed by atoms with Gasteiger partial charge in [0.05, 0.1) is 12.1 Å². The molecule has 3 aromatic rings. The number of halogens is 1. The van der Waals surface area contributed by atoms with Crippen molar-refractivity contribution < 1.29 is 9.90 Å². The lowest BCUT2D eigenvalue weighted by Gasteiger charge is -2.16. The van der Waals surface area contributed by atoms with Gasteiger partial charge in [-0.15, -0.1) is 0 Å². The van der Waals surface area contributed by atoms with E-state index in [9.17, 15) is 4.79 Å². The molecular formula is C16H16BrN3O2S. The number of hydrogen-bond acceptors (Lipinski definition) is 4. The summed E-state index contributed by atoms with van der Waals surface area (Å²) in [5.41, 5.74) is 3.91. The largest absolute Gasteiger partial charge is 0.481 e. The van der Waals surface area contributed by atoms with Crippen molar-refractivity contribution in [2.24, 2.45) is 0 Å². The molecule has 23 heavy (non-hydrogen) atoms. The molecule has 0 aliphatic carbocycles. The molecule has 3 heterocycles. The fourth-order valence-electron chi connectivity index (χ4n) is 2.48. The smallest absolute Gasteiger partial charge is 0.305 e. The number of carbonyl (C=O) groups is 1. The molecule has 1 atom stereocenters. The van der Waals surface area contributed by atoms with E-state index >= 15 is 0 Å². The number of fused-ring (bicyclic) bond motifs is 1. The Morgan fingerprint density at radius 1 is 1.43 bits per heavy atom. The summed E-state index contributed by atoms with van der Waals surface area (Å²) in [7, 11) is 0. The average molecular weight is 394 g/mol. The van der Waals surface area contributed by atoms with Crippen molar-refractivity contribution in [3.8, 4) is 0 Å². The summed E-state index contributed by atoms with van der Waals surface area (Å²) in [6.07, 6.45) is 4.02. The van der Waals surface area contributed by atoms with E-state index in [2.05, 4.69) is 26.2 Å². The van der Waals surface area contributed by atoms with Gasteiger partial charge in [0, 0.05) is 34.8 Å². The van der Waals surface area contributed by atoms with E-state index in [4.69, 9.17) is 5.11 Å². The summed E-state index contributed by atoms with van der Waals surface area (Å²) in [4.78, 5) is 15.7. The van der Waals surface area contributed by atoms with Crippen LogP contribution < -0.4 is 5.32 Å². The third-order valence-corrected chi connectivity index (χ3v) is 5.33. The lowest BCUT2D eigenvalue weighted by atomic mass is 10.1. The van der Waals surface area contributed by atoms with Crippen LogP contribution in [0.5, 0.6) is 0 Å². The second kappa shape index (κ2) is 6.82. The molecule has 0 bridgehead atoms. The minimum absolute atomic E-state index is 0.0296. The third kappa shape index (κ3) is 3.80. The Labute approximate surface area is 146 Å². The first kappa shape index (κ1) is 16.2. The number of carboxylic acids is 1. The quantitative estimate of drug-likeness (QED) is 0.668. The van der Waals surface area contributed by atoms with Crippen molar-refractivity contribution in [2.45, 2.75) is 25.9 Å². The van der Waals surface area contributed by atoms with E-state index in [1.54, 1.807) is 11.3 Å². The van der Waals surface area contributed by atoms with E-state index in [0.717, 1.165) is 21.4 Å². The van der Waals surface area contributed by atoms with Crippen molar-refractivity contribution in [1.29, 1.82) is 0 Å². The summed E-state index contributed by atoms with van der Waals surface area (Å²) in [5.74, 6) is -0.828. The van der Waals surface area contributed by atoms with Crippen LogP contribution >= 0.6 is 27.3 Å². The van der Waals surface area contributed by atoms with Crippen LogP contribution in [0, 0.1) is 6.92 Å². The molecule has 5 nitrogen and oxygen atoms in total. The summed E-state index contributed by atoms with van der Waals surface area (Å²) < 4.78 is 2.92. The highest BCUT2D eigenvalue weighted by Gasteiger charge is 2.18. The molecule has 3 rings (SSSR count). The number of rotatable bonds is 6. The van der Waals surface area contributed by atoms with Crippen LogP contribution in [0.25, 0.3) is 5.65 Å². The fraction of sp³-hybridized carbons (Fsp3) is 0.250. The predicted octanol–water partition coefficient (Wildman–Crippen LogP) is 3.77. The first-order chi connectivity index (χ1) is 11.0. The van der Waals surface area contributed by atoms with Crippen molar-refractivity contribution in [1.82, 2.24) is 14.7 Å². The lowest BCUT2D eigenvalue weighted by molar-refractivity contribution is -0.137. The number of thiophene rings is 1. The summed E-state index contributed by atoms with van der Waals surface area (Å²) >= 11 is 5.03. The number of hydrogen-bond donors (Lipinski definition) is 2. The molecular weight excluding hydrogens is 378 g/mol. The van der Waals surface area contributed by atoms with Crippen molar-refractivity contribution in [2.75, 3.05) is 0 Å². The Hall–Kier alpha value is -1.70. The molecule has 0 aliphatic rings. The minimum atomic E-state index is -0.828. The topological polar surface area (TPSA) is 66.6 Å². The minimum Gasteiger partial charge on any atom is -0.481 e. The van der Waals surface area contributed by atoms with E-state index in [1.165, 1.54) is 5.56 Å². The van der Waals surface area contributed by atoms with Gasteiger partial charge in [0.15, 0.2) is 0 Å². The van der Waals surface area contributed by atoms with Crippen LogP contribution in [-0.2, 0) is 11.3 Å². The van der Waals surface area contributed by atoms with Gasteiger partial charge < -0.3 is 14.8 Å². The van der Waals surface area contributed by atoms with Gasteiger partial charge in [0.25, 0.3) is 0 Å². The number of pyridine rings is 1. The zero-order valence-electron chi connectivity index (χ0n) is 12.5. The van der Waals surface area contributed by atoms with Crippen LogP contribution in [-0.4, -0.2) is 20.5 Å². The summed E-state index contributed by atoms with van der Waals surface area (Å²) in [6, 6.07) is 3.75. The second-order valence-electron chi connectivity index (χ2n) is 5.41. The van der Waals surface area contributed by atoms with Crippen LogP contribution in [0.4, 0.5) is 0 Å². The van der Waals surface area contributed by atoms with Crippen LogP contribution in [0.2, 0.25) is 0 Å². The number of carboxylic acid groups (broad SMARTS) is 1. The monoisotopic (exact) mass is 393 g/mol. The van der Waals surface area contributed by atoms with E-state index < -0.39 is 5.97 Å². The van der Waals surface area contributed by atoms with Gasteiger partial charge in [-0.05, 0) is 45.4 Å². The Bertz CT molecular complexity index is 843. The van der Waals surface area contributed by atoms with Gasteiger partial charge in [-0.3, -0.25) is 4.79 Å². The molecule has 120 valence electrons. The SMILES string of the molecule is Cc1ccc2nc(CNC(CC(=O)O)c3cscc3Br)cn2c1. The number of nitrogens with zero attached hydrogens (tertiary/aromatic N) is 2. The molecule has 0 fully saturated rings. The van der Waals surface area contributed by atoms with Crippen molar-refractivity contribution in [3.05, 3.63) is 56.6 Å². The molecule has 0 radical (unpaired) electrons. The summed E-state index contributed by atoms with van der Waals surface area (Å²) in [5, 5.41) is 16.4. The Morgan fingerprint density at radius 2 is 2.26 bits per heavy atom. The van der Waals surface area contributed by atoms with Crippen molar-refractivity contribution >= 4 is 38.9 Å². The first-order valence-corrected chi connectivity index (χ1v) is 8.87. The van der Waals surface area contributed by atoms with Gasteiger partial charge in [-0.2, -0.15) is 11.3 Å². The van der Waals surface area contributed by atoms with Gasteiger partial charge >= 0.3 is 5.97 Å². The zero-order valence-corrected chi connectivity index (χ0v) is 14.9.